The van der Waals surface area contributed by atoms with Crippen LogP contribution in [-0.2, 0) is 4.74 Å². The van der Waals surface area contributed by atoms with Crippen LogP contribution >= 0.6 is 0 Å². The zero-order valence-corrected chi connectivity index (χ0v) is 14.7. The van der Waals surface area contributed by atoms with Gasteiger partial charge in [0.1, 0.15) is 11.9 Å². The summed E-state index contributed by atoms with van der Waals surface area (Å²) < 4.78 is 5.68. The zero-order chi connectivity index (χ0) is 19.1. The summed E-state index contributed by atoms with van der Waals surface area (Å²) in [6.07, 6.45) is 4.23. The Bertz CT molecular complexity index is 829. The van der Waals surface area contributed by atoms with Crippen molar-refractivity contribution in [3.63, 3.8) is 0 Å². The van der Waals surface area contributed by atoms with Crippen molar-refractivity contribution in [1.82, 2.24) is 30.8 Å². The molecule has 0 bridgehead atoms. The van der Waals surface area contributed by atoms with E-state index in [-0.39, 0.29) is 23.4 Å². The second kappa shape index (κ2) is 8.84. The van der Waals surface area contributed by atoms with Crippen molar-refractivity contribution in [2.24, 2.45) is 0 Å². The number of morpholine rings is 1. The van der Waals surface area contributed by atoms with Crippen LogP contribution in [0.25, 0.3) is 0 Å². The lowest BCUT2D eigenvalue weighted by Crippen LogP contribution is -2.42. The summed E-state index contributed by atoms with van der Waals surface area (Å²) in [4.78, 5) is 20.3. The van der Waals surface area contributed by atoms with Gasteiger partial charge in [-0.05, 0) is 0 Å². The van der Waals surface area contributed by atoms with Crippen LogP contribution in [0.2, 0.25) is 0 Å². The fourth-order valence-corrected chi connectivity index (χ4v) is 2.49. The predicted molar refractivity (Wildman–Crippen MR) is 96.6 cm³/mol. The molecule has 1 atom stereocenters. The molecule has 1 unspecified atom stereocenters. The Labute approximate surface area is 155 Å². The molecule has 140 valence electrons. The summed E-state index contributed by atoms with van der Waals surface area (Å²) in [5, 5.41) is 28.7. The van der Waals surface area contributed by atoms with Crippen molar-refractivity contribution in [2.75, 3.05) is 43.9 Å². The molecule has 0 saturated carbocycles. The molecule has 4 N–H and O–H groups in total. The smallest absolute Gasteiger partial charge is 0.273 e. The molecule has 3 heterocycles. The first-order chi connectivity index (χ1) is 13.2. The molecule has 11 nitrogen and oxygen atoms in total. The predicted octanol–water partition coefficient (Wildman–Crippen LogP) is -0.358. The van der Waals surface area contributed by atoms with Crippen molar-refractivity contribution in [3.8, 4) is 6.07 Å². The summed E-state index contributed by atoms with van der Waals surface area (Å²) in [5.41, 5.74) is 1.34. The molecule has 2 aromatic heterocycles. The molecule has 1 fully saturated rings. The lowest BCUT2D eigenvalue weighted by atomic mass is 10.2. The molecular weight excluding hydrogens is 350 g/mol. The average molecular weight is 369 g/mol. The number of nitrogens with zero attached hydrogens (tertiary/aromatic N) is 5. The number of nitriles is 1. The van der Waals surface area contributed by atoms with Gasteiger partial charge < -0.3 is 26.0 Å². The number of rotatable bonds is 6. The largest absolute Gasteiger partial charge is 0.379 e. The highest BCUT2D eigenvalue weighted by Crippen LogP contribution is 2.26. The highest BCUT2D eigenvalue weighted by atomic mass is 16.5. The minimum atomic E-state index is -0.373. The van der Waals surface area contributed by atoms with E-state index in [1.807, 2.05) is 6.07 Å². The number of carbonyl (C=O) groups excluding carboxylic acids is 1. The summed E-state index contributed by atoms with van der Waals surface area (Å²) in [6, 6.07) is 1.91. The van der Waals surface area contributed by atoms with Gasteiger partial charge in [-0.2, -0.15) is 10.4 Å². The van der Waals surface area contributed by atoms with E-state index >= 15 is 0 Å². The maximum Gasteiger partial charge on any atom is 0.273 e. The second-order valence-electron chi connectivity index (χ2n) is 5.66. The van der Waals surface area contributed by atoms with Gasteiger partial charge in [-0.15, -0.1) is 5.10 Å². The summed E-state index contributed by atoms with van der Waals surface area (Å²) in [7, 11) is 1.52. The Morgan fingerprint density at radius 2 is 2.30 bits per heavy atom. The first-order valence-corrected chi connectivity index (χ1v) is 8.34. The number of ether oxygens (including phenoxy) is 1. The molecule has 1 saturated heterocycles. The topological polar surface area (TPSA) is 150 Å². The fraction of sp³-hybridized carbons (Fsp3) is 0.375. The lowest BCUT2D eigenvalue weighted by Gasteiger charge is -2.25. The van der Waals surface area contributed by atoms with Crippen molar-refractivity contribution < 1.29 is 9.53 Å². The first kappa shape index (κ1) is 18.4. The molecule has 11 heteroatoms. The third-order valence-electron chi connectivity index (χ3n) is 3.83. The Morgan fingerprint density at radius 1 is 1.41 bits per heavy atom. The molecule has 27 heavy (non-hydrogen) atoms. The van der Waals surface area contributed by atoms with Crippen LogP contribution in [0.1, 0.15) is 16.2 Å². The normalized spacial score (nSPS) is 16.2. The minimum Gasteiger partial charge on any atom is -0.379 e. The van der Waals surface area contributed by atoms with Gasteiger partial charge in [-0.1, -0.05) is 0 Å². The molecule has 1 amide bonds. The van der Waals surface area contributed by atoms with E-state index in [0.717, 1.165) is 6.54 Å². The van der Waals surface area contributed by atoms with Gasteiger partial charge in [0.15, 0.2) is 11.4 Å². The third kappa shape index (κ3) is 4.63. The number of nitrogens with one attached hydrogen (secondary N) is 4. The van der Waals surface area contributed by atoms with E-state index in [2.05, 4.69) is 41.4 Å². The van der Waals surface area contributed by atoms with Gasteiger partial charge in [0.2, 0.25) is 0 Å². The number of aromatic nitrogens is 4. The van der Waals surface area contributed by atoms with E-state index in [0.29, 0.717) is 36.9 Å². The van der Waals surface area contributed by atoms with Crippen LogP contribution in [0, 0.1) is 11.3 Å². The average Bonchev–Trinajstić information content (AvgIpc) is 2.73. The molecule has 1 aliphatic heterocycles. The van der Waals surface area contributed by atoms with Crippen molar-refractivity contribution in [3.05, 3.63) is 30.0 Å². The van der Waals surface area contributed by atoms with E-state index in [1.54, 1.807) is 0 Å². The van der Waals surface area contributed by atoms with Crippen molar-refractivity contribution in [2.45, 2.75) is 6.10 Å². The molecule has 3 rings (SSSR count). The highest BCUT2D eigenvalue weighted by molar-refractivity contribution is 6.00. The van der Waals surface area contributed by atoms with Gasteiger partial charge in [0.05, 0.1) is 42.7 Å². The maximum absolute atomic E-state index is 12.2. The molecule has 0 aliphatic carbocycles. The highest BCUT2D eigenvalue weighted by Gasteiger charge is 2.20. The van der Waals surface area contributed by atoms with Crippen LogP contribution < -0.4 is 21.3 Å². The number of hydrogen-bond donors (Lipinski definition) is 4. The van der Waals surface area contributed by atoms with Gasteiger partial charge in [-0.25, -0.2) is 9.97 Å². The summed E-state index contributed by atoms with van der Waals surface area (Å²) in [5.74, 6) is 0.0331. The summed E-state index contributed by atoms with van der Waals surface area (Å²) in [6.45, 7) is 2.65. The summed E-state index contributed by atoms with van der Waals surface area (Å²) >= 11 is 0. The number of hydrogen-bond acceptors (Lipinski definition) is 10. The molecular formula is C16H19N9O2. The second-order valence-corrected chi connectivity index (χ2v) is 5.66. The van der Waals surface area contributed by atoms with Crippen LogP contribution in [0.15, 0.2) is 18.6 Å². The molecule has 0 radical (unpaired) electrons. The third-order valence-corrected chi connectivity index (χ3v) is 3.83. The van der Waals surface area contributed by atoms with Crippen LogP contribution in [0.3, 0.4) is 0 Å². The van der Waals surface area contributed by atoms with Crippen LogP contribution in [-0.4, -0.2) is 65.5 Å². The van der Waals surface area contributed by atoms with E-state index in [9.17, 15) is 4.79 Å². The van der Waals surface area contributed by atoms with E-state index < -0.39 is 0 Å². The molecule has 1 aliphatic rings. The van der Waals surface area contributed by atoms with Gasteiger partial charge >= 0.3 is 0 Å². The van der Waals surface area contributed by atoms with Crippen molar-refractivity contribution in [1.29, 1.82) is 5.26 Å². The number of anilines is 3. The maximum atomic E-state index is 12.2. The standard InChI is InChI=1S/C16H19N9O2/c1-18-16(26)15-14(22-7-11-6-19-2-3-27-11)12(8-23-25-15)24-13-9-20-10(4-17)5-21-13/h5,8-9,11,19H,2-3,6-7H2,1H3,(H,18,26)(H,22,23)(H,21,24,25). The van der Waals surface area contributed by atoms with Crippen molar-refractivity contribution >= 4 is 23.1 Å². The first-order valence-electron chi connectivity index (χ1n) is 8.34. The Hall–Kier alpha value is -3.36. The van der Waals surface area contributed by atoms with Crippen LogP contribution in [0.4, 0.5) is 17.2 Å². The SMILES string of the molecule is CNC(=O)c1nncc(Nc2cnc(C#N)cn2)c1NCC1CNCCO1. The number of amides is 1. The zero-order valence-electron chi connectivity index (χ0n) is 14.7. The quantitative estimate of drug-likeness (QED) is 0.531. The van der Waals surface area contributed by atoms with E-state index in [4.69, 9.17) is 10.00 Å². The molecule has 0 spiro atoms. The van der Waals surface area contributed by atoms with Gasteiger partial charge in [0, 0.05) is 26.7 Å². The lowest BCUT2D eigenvalue weighted by molar-refractivity contribution is 0.0372. The monoisotopic (exact) mass is 369 g/mol. The Morgan fingerprint density at radius 3 is 2.96 bits per heavy atom. The Balaban J connectivity index is 1.84. The van der Waals surface area contributed by atoms with Gasteiger partial charge in [-0.3, -0.25) is 4.79 Å². The fourth-order valence-electron chi connectivity index (χ4n) is 2.49. The van der Waals surface area contributed by atoms with E-state index in [1.165, 1.54) is 25.6 Å². The number of carbonyl (C=O) groups is 1. The van der Waals surface area contributed by atoms with Crippen LogP contribution in [0.5, 0.6) is 0 Å². The minimum absolute atomic E-state index is 0.0352. The molecule has 0 aromatic carbocycles. The van der Waals surface area contributed by atoms with Gasteiger partial charge in [0.25, 0.3) is 5.91 Å². The Kier molecular flexibility index (Phi) is 6.03. The molecule has 2 aromatic rings.